The van der Waals surface area contributed by atoms with Gasteiger partial charge >= 0.3 is 0 Å². The topological polar surface area (TPSA) is 86.7 Å². The molecule has 0 bridgehead atoms. The Kier molecular flexibility index (Phi) is 10.7. The molecule has 2 heterocycles. The SMILES string of the molecule is CCNC(=NCc1cccc(S(=O)(=O)N2CCCCC2)c1)NCCc1csc(C)n1.I. The van der Waals surface area contributed by atoms with Crippen molar-refractivity contribution in [3.63, 3.8) is 0 Å². The Hall–Kier alpha value is -1.24. The van der Waals surface area contributed by atoms with E-state index in [1.807, 2.05) is 19.9 Å². The van der Waals surface area contributed by atoms with Crippen molar-refractivity contribution >= 4 is 51.3 Å². The summed E-state index contributed by atoms with van der Waals surface area (Å²) in [4.78, 5) is 9.46. The maximum Gasteiger partial charge on any atom is 0.243 e. The van der Waals surface area contributed by atoms with Gasteiger partial charge in [0.15, 0.2) is 5.96 Å². The van der Waals surface area contributed by atoms with Crippen LogP contribution in [-0.4, -0.2) is 49.8 Å². The minimum atomic E-state index is -3.43. The van der Waals surface area contributed by atoms with E-state index in [1.54, 1.807) is 33.8 Å². The lowest BCUT2D eigenvalue weighted by Crippen LogP contribution is -2.38. The molecule has 1 aromatic heterocycles. The molecule has 0 unspecified atom stereocenters. The highest BCUT2D eigenvalue weighted by molar-refractivity contribution is 14.0. The number of halogens is 1. The summed E-state index contributed by atoms with van der Waals surface area (Å²) in [7, 11) is -3.43. The minimum Gasteiger partial charge on any atom is -0.357 e. The monoisotopic (exact) mass is 577 g/mol. The number of thiazole rings is 1. The molecule has 1 fully saturated rings. The van der Waals surface area contributed by atoms with E-state index in [4.69, 9.17) is 0 Å². The highest BCUT2D eigenvalue weighted by atomic mass is 127. The fraction of sp³-hybridized carbons (Fsp3) is 0.524. The van der Waals surface area contributed by atoms with Crippen LogP contribution < -0.4 is 10.6 Å². The average molecular weight is 578 g/mol. The standard InChI is InChI=1S/C21H31N5O2S2.HI/c1-3-22-21(23-11-10-19-16-29-17(2)25-19)24-15-18-8-7-9-20(14-18)30(27,28)26-12-5-4-6-13-26;/h7-9,14,16H,3-6,10-13,15H2,1-2H3,(H2,22,23,24);1H. The molecule has 0 amide bonds. The summed E-state index contributed by atoms with van der Waals surface area (Å²) < 4.78 is 27.4. The van der Waals surface area contributed by atoms with Gasteiger partial charge in [-0.25, -0.2) is 18.4 Å². The number of nitrogens with zero attached hydrogens (tertiary/aromatic N) is 3. The third-order valence-corrected chi connectivity index (χ3v) is 7.67. The molecule has 0 aliphatic carbocycles. The Bertz CT molecular complexity index is 956. The van der Waals surface area contributed by atoms with Crippen molar-refractivity contribution < 1.29 is 8.42 Å². The second-order valence-corrected chi connectivity index (χ2v) is 10.3. The van der Waals surface area contributed by atoms with E-state index in [2.05, 4.69) is 26.0 Å². The fourth-order valence-electron chi connectivity index (χ4n) is 3.40. The molecule has 10 heteroatoms. The second-order valence-electron chi connectivity index (χ2n) is 7.34. The normalized spacial score (nSPS) is 15.4. The van der Waals surface area contributed by atoms with Gasteiger partial charge in [0.05, 0.1) is 22.1 Å². The number of aryl methyl sites for hydroxylation is 1. The van der Waals surface area contributed by atoms with Crippen LogP contribution in [0.1, 0.15) is 42.5 Å². The Morgan fingerprint density at radius 1 is 1.23 bits per heavy atom. The van der Waals surface area contributed by atoms with Crippen molar-refractivity contribution in [2.45, 2.75) is 51.0 Å². The summed E-state index contributed by atoms with van der Waals surface area (Å²) in [6.45, 7) is 7.15. The van der Waals surface area contributed by atoms with E-state index in [9.17, 15) is 8.42 Å². The number of rotatable bonds is 8. The van der Waals surface area contributed by atoms with Gasteiger partial charge in [0, 0.05) is 38.0 Å². The van der Waals surface area contributed by atoms with Crippen molar-refractivity contribution in [2.24, 2.45) is 4.99 Å². The molecule has 31 heavy (non-hydrogen) atoms. The van der Waals surface area contributed by atoms with Crippen LogP contribution in [0.25, 0.3) is 0 Å². The van der Waals surface area contributed by atoms with Crippen LogP contribution in [0.3, 0.4) is 0 Å². The summed E-state index contributed by atoms with van der Waals surface area (Å²) in [6, 6.07) is 7.14. The van der Waals surface area contributed by atoms with E-state index < -0.39 is 10.0 Å². The van der Waals surface area contributed by atoms with Gasteiger partial charge < -0.3 is 10.6 Å². The highest BCUT2D eigenvalue weighted by Gasteiger charge is 2.25. The number of hydrogen-bond acceptors (Lipinski definition) is 5. The van der Waals surface area contributed by atoms with E-state index in [1.165, 1.54) is 0 Å². The third kappa shape index (κ3) is 7.69. The van der Waals surface area contributed by atoms with Crippen molar-refractivity contribution in [2.75, 3.05) is 26.2 Å². The predicted octanol–water partition coefficient (Wildman–Crippen LogP) is 3.54. The number of aromatic nitrogens is 1. The number of hydrogen-bond donors (Lipinski definition) is 2. The summed E-state index contributed by atoms with van der Waals surface area (Å²) in [5.41, 5.74) is 1.96. The molecule has 1 aliphatic heterocycles. The van der Waals surface area contributed by atoms with Gasteiger partial charge in [0.2, 0.25) is 10.0 Å². The van der Waals surface area contributed by atoms with Crippen LogP contribution in [0.4, 0.5) is 0 Å². The Balaban J connectivity index is 0.00000341. The number of guanidine groups is 1. The third-order valence-electron chi connectivity index (χ3n) is 4.96. The first-order valence-electron chi connectivity index (χ1n) is 10.5. The van der Waals surface area contributed by atoms with E-state index in [0.717, 1.165) is 55.0 Å². The molecule has 7 nitrogen and oxygen atoms in total. The first-order chi connectivity index (χ1) is 14.5. The highest BCUT2D eigenvalue weighted by Crippen LogP contribution is 2.21. The van der Waals surface area contributed by atoms with Gasteiger partial charge in [-0.05, 0) is 44.4 Å². The zero-order valence-corrected chi connectivity index (χ0v) is 22.1. The molecule has 1 aliphatic rings. The van der Waals surface area contributed by atoms with E-state index >= 15 is 0 Å². The summed E-state index contributed by atoms with van der Waals surface area (Å²) in [5.74, 6) is 0.716. The predicted molar refractivity (Wildman–Crippen MR) is 138 cm³/mol. The first-order valence-corrected chi connectivity index (χ1v) is 12.8. The van der Waals surface area contributed by atoms with Crippen LogP contribution in [0.15, 0.2) is 39.5 Å². The van der Waals surface area contributed by atoms with Gasteiger partial charge in [-0.1, -0.05) is 18.6 Å². The summed E-state index contributed by atoms with van der Waals surface area (Å²) in [5, 5.41) is 9.71. The van der Waals surface area contributed by atoms with Crippen molar-refractivity contribution in [1.82, 2.24) is 19.9 Å². The number of aliphatic imine (C=N–C) groups is 1. The molecule has 1 aromatic carbocycles. The molecule has 2 aromatic rings. The Morgan fingerprint density at radius 3 is 2.68 bits per heavy atom. The van der Waals surface area contributed by atoms with Crippen LogP contribution in [0, 0.1) is 6.92 Å². The summed E-state index contributed by atoms with van der Waals surface area (Å²) >= 11 is 1.66. The molecule has 0 saturated carbocycles. The molecule has 0 atom stereocenters. The maximum atomic E-state index is 12.9. The largest absolute Gasteiger partial charge is 0.357 e. The zero-order chi connectivity index (χ0) is 21.4. The molecule has 0 spiro atoms. The average Bonchev–Trinajstić information content (AvgIpc) is 3.18. The molecule has 0 radical (unpaired) electrons. The molecule has 2 N–H and O–H groups in total. The van der Waals surface area contributed by atoms with Gasteiger partial charge in [-0.15, -0.1) is 35.3 Å². The number of piperidine rings is 1. The van der Waals surface area contributed by atoms with E-state index in [-0.39, 0.29) is 24.0 Å². The first kappa shape index (κ1) is 26.0. The lowest BCUT2D eigenvalue weighted by molar-refractivity contribution is 0.346. The van der Waals surface area contributed by atoms with Gasteiger partial charge in [0.25, 0.3) is 0 Å². The van der Waals surface area contributed by atoms with E-state index in [0.29, 0.717) is 30.5 Å². The van der Waals surface area contributed by atoms with Gasteiger partial charge in [0.1, 0.15) is 0 Å². The Labute approximate surface area is 206 Å². The quantitative estimate of drug-likeness (QED) is 0.285. The van der Waals surface area contributed by atoms with Crippen molar-refractivity contribution in [1.29, 1.82) is 0 Å². The van der Waals surface area contributed by atoms with Crippen LogP contribution in [0.2, 0.25) is 0 Å². The van der Waals surface area contributed by atoms with Crippen molar-refractivity contribution in [3.05, 3.63) is 45.9 Å². The smallest absolute Gasteiger partial charge is 0.243 e. The van der Waals surface area contributed by atoms with Crippen molar-refractivity contribution in [3.8, 4) is 0 Å². The lowest BCUT2D eigenvalue weighted by Gasteiger charge is -2.26. The maximum absolute atomic E-state index is 12.9. The molecule has 3 rings (SSSR count). The van der Waals surface area contributed by atoms with Crippen LogP contribution >= 0.6 is 35.3 Å². The zero-order valence-electron chi connectivity index (χ0n) is 18.1. The number of nitrogens with one attached hydrogen (secondary N) is 2. The molecular formula is C21H32IN5O2S2. The molecule has 1 saturated heterocycles. The van der Waals surface area contributed by atoms with Crippen LogP contribution in [0.5, 0.6) is 0 Å². The number of sulfonamides is 1. The van der Waals surface area contributed by atoms with Gasteiger partial charge in [-0.2, -0.15) is 4.31 Å². The lowest BCUT2D eigenvalue weighted by atomic mass is 10.2. The minimum absolute atomic E-state index is 0. The Morgan fingerprint density at radius 2 is 2.00 bits per heavy atom. The van der Waals surface area contributed by atoms with Crippen LogP contribution in [-0.2, 0) is 23.0 Å². The summed E-state index contributed by atoms with van der Waals surface area (Å²) in [6.07, 6.45) is 3.80. The second kappa shape index (κ2) is 12.7. The number of benzene rings is 1. The molecule has 172 valence electrons. The van der Waals surface area contributed by atoms with Gasteiger partial charge in [-0.3, -0.25) is 0 Å². The molecular weight excluding hydrogens is 545 g/mol. The fourth-order valence-corrected chi connectivity index (χ4v) is 5.64.